The van der Waals surface area contributed by atoms with Crippen molar-refractivity contribution in [3.8, 4) is 0 Å². The Morgan fingerprint density at radius 3 is 1.56 bits per heavy atom. The van der Waals surface area contributed by atoms with E-state index in [0.717, 1.165) is 56.9 Å². The van der Waals surface area contributed by atoms with Crippen LogP contribution in [-0.2, 0) is 63.7 Å². The predicted octanol–water partition coefficient (Wildman–Crippen LogP) is 8.07. The zero-order chi connectivity index (χ0) is 43.9. The number of amides is 1. The van der Waals surface area contributed by atoms with Gasteiger partial charge in [-0.3, -0.25) is 24.0 Å². The van der Waals surface area contributed by atoms with Crippen LogP contribution in [0, 0.1) is 5.92 Å². The van der Waals surface area contributed by atoms with Crippen molar-refractivity contribution in [1.29, 1.82) is 0 Å². The maximum absolute atomic E-state index is 13.7. The van der Waals surface area contributed by atoms with Gasteiger partial charge in [-0.25, -0.2) is 0 Å². The third-order valence-corrected chi connectivity index (χ3v) is 9.10. The summed E-state index contributed by atoms with van der Waals surface area (Å²) >= 11 is 0. The van der Waals surface area contributed by atoms with Crippen LogP contribution in [0.1, 0.15) is 151 Å². The number of likely N-dealkylation sites (tertiary alicyclic amines) is 1. The highest BCUT2D eigenvalue weighted by Gasteiger charge is 2.40. The SMILES string of the molecule is CC(C)(C)OC(=O)CCOC[C@H]1CN(C(=O)CCCCCCCCCCC(=O)OCc2ccccc2)C[C@@H](OCCC(=O)OC(C)(C)C)[C@@H]1OCCC(=O)OC(C)(C)C. The van der Waals surface area contributed by atoms with Crippen molar-refractivity contribution in [3.05, 3.63) is 35.9 Å². The van der Waals surface area contributed by atoms with Gasteiger partial charge in [0.05, 0.1) is 51.8 Å². The van der Waals surface area contributed by atoms with Gasteiger partial charge >= 0.3 is 23.9 Å². The van der Waals surface area contributed by atoms with Gasteiger partial charge < -0.3 is 38.1 Å². The zero-order valence-corrected chi connectivity index (χ0v) is 37.6. The molecule has 0 N–H and O–H groups in total. The molecule has 0 radical (unpaired) electrons. The van der Waals surface area contributed by atoms with Crippen LogP contribution < -0.4 is 0 Å². The highest BCUT2D eigenvalue weighted by Crippen LogP contribution is 2.26. The van der Waals surface area contributed by atoms with Crippen LogP contribution in [0.4, 0.5) is 0 Å². The Hall–Kier alpha value is -3.55. The normalized spacial score (nSPS) is 17.3. The summed E-state index contributed by atoms with van der Waals surface area (Å²) in [4.78, 5) is 64.9. The number of ether oxygens (including phenoxy) is 7. The van der Waals surface area contributed by atoms with E-state index >= 15 is 0 Å². The van der Waals surface area contributed by atoms with Crippen molar-refractivity contribution in [3.63, 3.8) is 0 Å². The number of hydrogen-bond donors (Lipinski definition) is 0. The summed E-state index contributed by atoms with van der Waals surface area (Å²) < 4.78 is 40.3. The quantitative estimate of drug-likeness (QED) is 0.0504. The van der Waals surface area contributed by atoms with Gasteiger partial charge in [0.1, 0.15) is 29.5 Å². The summed E-state index contributed by atoms with van der Waals surface area (Å²) in [6.07, 6.45) is 7.42. The number of hydrogen-bond acceptors (Lipinski definition) is 12. The van der Waals surface area contributed by atoms with E-state index in [4.69, 9.17) is 33.2 Å². The first-order valence-electron chi connectivity index (χ1n) is 21.6. The minimum absolute atomic E-state index is 0.00384. The van der Waals surface area contributed by atoms with E-state index in [1.807, 2.05) is 30.3 Å². The van der Waals surface area contributed by atoms with Crippen LogP contribution >= 0.6 is 0 Å². The summed E-state index contributed by atoms with van der Waals surface area (Å²) in [7, 11) is 0. The molecule has 1 aromatic carbocycles. The van der Waals surface area contributed by atoms with Crippen LogP contribution in [0.25, 0.3) is 0 Å². The first-order chi connectivity index (χ1) is 27.7. The fourth-order valence-corrected chi connectivity index (χ4v) is 6.54. The van der Waals surface area contributed by atoms with E-state index in [0.29, 0.717) is 26.0 Å². The molecule has 0 aromatic heterocycles. The largest absolute Gasteiger partial charge is 0.461 e. The van der Waals surface area contributed by atoms with Gasteiger partial charge in [-0.2, -0.15) is 0 Å². The molecule has 1 saturated heterocycles. The fourth-order valence-electron chi connectivity index (χ4n) is 6.54. The highest BCUT2D eigenvalue weighted by atomic mass is 16.6. The van der Waals surface area contributed by atoms with Gasteiger partial charge in [0.2, 0.25) is 5.91 Å². The lowest BCUT2D eigenvalue weighted by molar-refractivity contribution is -0.172. The second kappa shape index (κ2) is 26.6. The maximum atomic E-state index is 13.7. The number of carbonyl (C=O) groups is 5. The van der Waals surface area contributed by atoms with Gasteiger partial charge in [-0.1, -0.05) is 68.9 Å². The summed E-state index contributed by atoms with van der Waals surface area (Å²) in [6, 6.07) is 9.67. The molecule has 0 saturated carbocycles. The lowest BCUT2D eigenvalue weighted by atomic mass is 9.92. The number of esters is 4. The van der Waals surface area contributed by atoms with E-state index in [1.54, 1.807) is 67.2 Å². The smallest absolute Gasteiger partial charge is 0.308 e. The Morgan fingerprint density at radius 2 is 1.03 bits per heavy atom. The topological polar surface area (TPSA) is 153 Å². The average molecular weight is 834 g/mol. The average Bonchev–Trinajstić information content (AvgIpc) is 3.12. The maximum Gasteiger partial charge on any atom is 0.308 e. The molecule has 1 aliphatic rings. The van der Waals surface area contributed by atoms with Crippen molar-refractivity contribution < 1.29 is 57.1 Å². The zero-order valence-electron chi connectivity index (χ0n) is 37.6. The number of rotatable bonds is 26. The molecule has 3 atom stereocenters. The van der Waals surface area contributed by atoms with Crippen LogP contribution in [0.3, 0.4) is 0 Å². The summed E-state index contributed by atoms with van der Waals surface area (Å²) in [6.45, 7) is 17.5. The van der Waals surface area contributed by atoms with Gasteiger partial charge in [-0.05, 0) is 80.7 Å². The molecular weight excluding hydrogens is 759 g/mol. The van der Waals surface area contributed by atoms with Gasteiger partial charge in [0.15, 0.2) is 0 Å². The molecule has 1 fully saturated rings. The third-order valence-electron chi connectivity index (χ3n) is 9.10. The van der Waals surface area contributed by atoms with Crippen LogP contribution in [0.15, 0.2) is 30.3 Å². The van der Waals surface area contributed by atoms with Crippen molar-refractivity contribution in [2.45, 2.75) is 181 Å². The van der Waals surface area contributed by atoms with Crippen LogP contribution in [0.2, 0.25) is 0 Å². The number of nitrogens with zero attached hydrogens (tertiary/aromatic N) is 1. The van der Waals surface area contributed by atoms with E-state index in [-0.39, 0.29) is 76.0 Å². The molecule has 0 unspecified atom stereocenters. The number of piperidine rings is 1. The van der Waals surface area contributed by atoms with Crippen molar-refractivity contribution in [1.82, 2.24) is 4.90 Å². The Balaban J connectivity index is 1.94. The molecule has 1 amide bonds. The van der Waals surface area contributed by atoms with E-state index in [2.05, 4.69) is 0 Å². The van der Waals surface area contributed by atoms with E-state index < -0.39 is 40.9 Å². The van der Waals surface area contributed by atoms with Crippen molar-refractivity contribution >= 4 is 29.8 Å². The van der Waals surface area contributed by atoms with Crippen LogP contribution in [0.5, 0.6) is 0 Å². The van der Waals surface area contributed by atoms with Crippen LogP contribution in [-0.4, -0.2) is 103 Å². The van der Waals surface area contributed by atoms with E-state index in [1.165, 1.54) is 0 Å². The van der Waals surface area contributed by atoms with Crippen molar-refractivity contribution in [2.24, 2.45) is 5.92 Å². The minimum atomic E-state index is -0.638. The molecule has 2 rings (SSSR count). The lowest BCUT2D eigenvalue weighted by Crippen LogP contribution is -2.57. The second-order valence-corrected chi connectivity index (χ2v) is 18.4. The third kappa shape index (κ3) is 25.6. The second-order valence-electron chi connectivity index (χ2n) is 18.4. The molecule has 13 nitrogen and oxygen atoms in total. The lowest BCUT2D eigenvalue weighted by Gasteiger charge is -2.43. The molecule has 0 aliphatic carbocycles. The molecule has 0 bridgehead atoms. The van der Waals surface area contributed by atoms with Gasteiger partial charge in [-0.15, -0.1) is 0 Å². The first-order valence-corrected chi connectivity index (χ1v) is 21.6. The number of carbonyl (C=O) groups excluding carboxylic acids is 5. The molecule has 59 heavy (non-hydrogen) atoms. The van der Waals surface area contributed by atoms with Gasteiger partial charge in [0, 0.05) is 31.8 Å². The first kappa shape index (κ1) is 51.6. The summed E-state index contributed by atoms with van der Waals surface area (Å²) in [5.74, 6) is -1.68. The summed E-state index contributed by atoms with van der Waals surface area (Å²) in [5.41, 5.74) is -0.902. The highest BCUT2D eigenvalue weighted by molar-refractivity contribution is 5.76. The molecule has 1 heterocycles. The standard InChI is InChI=1S/C46H75NO12/c1-44(2,3)57-40(50)25-28-53-34-36-31-47(38(48)23-19-14-12-10-11-13-15-20-24-39(49)56-33-35-21-17-16-18-22-35)32-37(54-29-26-41(51)58-45(4,5)6)43(36)55-30-27-42(52)59-46(7,8)9/h16-18,21-22,36-37,43H,10-15,19-20,23-34H2,1-9H3/t36-,37-,43-/m1/s1. The summed E-state index contributed by atoms with van der Waals surface area (Å²) in [5, 5.41) is 0. The molecule has 336 valence electrons. The predicted molar refractivity (Wildman–Crippen MR) is 224 cm³/mol. The minimum Gasteiger partial charge on any atom is -0.461 e. The molecule has 1 aliphatic heterocycles. The Bertz CT molecular complexity index is 1400. The van der Waals surface area contributed by atoms with Crippen molar-refractivity contribution in [2.75, 3.05) is 39.5 Å². The Morgan fingerprint density at radius 1 is 0.559 bits per heavy atom. The molecule has 13 heteroatoms. The van der Waals surface area contributed by atoms with E-state index in [9.17, 15) is 24.0 Å². The number of unbranched alkanes of at least 4 members (excludes halogenated alkanes) is 7. The molecule has 1 aromatic rings. The molecular formula is C46H75NO12. The fraction of sp³-hybridized carbons (Fsp3) is 0.761. The van der Waals surface area contributed by atoms with Gasteiger partial charge in [0.25, 0.3) is 0 Å². The molecule has 0 spiro atoms. The Labute approximate surface area is 353 Å². The monoisotopic (exact) mass is 834 g/mol. The Kier molecular flexibility index (Phi) is 23.3. The number of benzene rings is 1.